The van der Waals surface area contributed by atoms with Gasteiger partial charge in [0, 0.05) is 26.8 Å². The predicted molar refractivity (Wildman–Crippen MR) is 97.2 cm³/mol. The number of thiophene rings is 1. The number of amides is 1. The van der Waals surface area contributed by atoms with E-state index < -0.39 is 11.0 Å². The van der Waals surface area contributed by atoms with Crippen LogP contribution in [0.5, 0.6) is 5.75 Å². The molecule has 0 aliphatic carbocycles. The minimum Gasteiger partial charge on any atom is -0.403 e. The van der Waals surface area contributed by atoms with E-state index in [1.807, 2.05) is 35.7 Å². The Bertz CT molecular complexity index is 909. The van der Waals surface area contributed by atoms with Crippen molar-refractivity contribution in [1.82, 2.24) is 0 Å². The number of hydrogen-bond donors (Lipinski definition) is 1. The molecule has 0 unspecified atom stereocenters. The van der Waals surface area contributed by atoms with Gasteiger partial charge in [-0.1, -0.05) is 30.0 Å². The van der Waals surface area contributed by atoms with E-state index in [1.54, 1.807) is 17.4 Å². The Hall–Kier alpha value is -2.84. The highest BCUT2D eigenvalue weighted by Crippen LogP contribution is 2.36. The van der Waals surface area contributed by atoms with Gasteiger partial charge in [0.15, 0.2) is 0 Å². The number of hydrogen-bond acceptors (Lipinski definition) is 6. The number of nitro benzene ring substituents is 1. The Morgan fingerprint density at radius 1 is 1.12 bits per heavy atom. The van der Waals surface area contributed by atoms with Crippen molar-refractivity contribution >= 4 is 34.9 Å². The Labute approximate surface area is 151 Å². The zero-order chi connectivity index (χ0) is 17.8. The van der Waals surface area contributed by atoms with E-state index >= 15 is 0 Å². The number of nitrogens with zero attached hydrogens (tertiary/aromatic N) is 1. The zero-order valence-corrected chi connectivity index (χ0v) is 14.4. The minimum atomic E-state index is -1.09. The normalized spacial score (nSPS) is 10.4. The van der Waals surface area contributed by atoms with Gasteiger partial charge in [0.25, 0.3) is 0 Å². The van der Waals surface area contributed by atoms with Crippen LogP contribution in [0.1, 0.15) is 0 Å². The lowest BCUT2D eigenvalue weighted by Gasteiger charge is -2.06. The summed E-state index contributed by atoms with van der Waals surface area (Å²) < 4.78 is 4.74. The molecule has 25 heavy (non-hydrogen) atoms. The number of ether oxygens (including phenoxy) is 1. The van der Waals surface area contributed by atoms with Crippen LogP contribution in [-0.4, -0.2) is 11.0 Å². The average molecular weight is 372 g/mol. The fourth-order valence-electron chi connectivity index (χ4n) is 2.17. The third kappa shape index (κ3) is 4.17. The smallest absolute Gasteiger partial charge is 0.403 e. The lowest BCUT2D eigenvalue weighted by atomic mass is 10.2. The molecule has 3 rings (SSSR count). The topological polar surface area (TPSA) is 95.5 Å². The Kier molecular flexibility index (Phi) is 5.01. The summed E-state index contributed by atoms with van der Waals surface area (Å²) in [6, 6.07) is 16.3. The molecule has 0 spiro atoms. The van der Waals surface area contributed by atoms with Crippen molar-refractivity contribution in [2.75, 3.05) is 0 Å². The van der Waals surface area contributed by atoms with Crippen molar-refractivity contribution in [2.45, 2.75) is 9.79 Å². The number of carbonyl (C=O) groups excluding carboxylic acids is 1. The summed E-state index contributed by atoms with van der Waals surface area (Å²) in [5, 5.41) is 13.0. The van der Waals surface area contributed by atoms with Crippen LogP contribution in [0.3, 0.4) is 0 Å². The lowest BCUT2D eigenvalue weighted by Crippen LogP contribution is -2.17. The largest absolute Gasteiger partial charge is 0.410 e. The van der Waals surface area contributed by atoms with Crippen LogP contribution >= 0.6 is 23.1 Å². The molecular weight excluding hydrogens is 360 g/mol. The molecule has 1 aromatic heterocycles. The molecular formula is C17H12N2O4S2. The highest BCUT2D eigenvalue weighted by Gasteiger charge is 2.18. The van der Waals surface area contributed by atoms with E-state index in [1.165, 1.54) is 28.8 Å². The summed E-state index contributed by atoms with van der Waals surface area (Å²) in [7, 11) is 0. The van der Waals surface area contributed by atoms with Crippen LogP contribution in [0.25, 0.3) is 10.4 Å². The molecule has 0 atom stereocenters. The molecule has 0 aliphatic heterocycles. The molecule has 0 radical (unpaired) electrons. The maximum Gasteiger partial charge on any atom is 0.410 e. The van der Waals surface area contributed by atoms with Crippen molar-refractivity contribution in [3.8, 4) is 16.2 Å². The summed E-state index contributed by atoms with van der Waals surface area (Å²) in [5.74, 6) is -0.169. The van der Waals surface area contributed by atoms with E-state index in [9.17, 15) is 14.9 Å². The standard InChI is InChI=1S/C17H12N2O4S2/c18-17(20)23-15-10-13(7-8-14(15)19(21)22)25-12-5-3-11(4-6-12)16-2-1-9-24-16/h1-10H,(H2,18,20). The number of rotatable bonds is 5. The van der Waals surface area contributed by atoms with Crippen LogP contribution in [0.15, 0.2) is 69.8 Å². The van der Waals surface area contributed by atoms with Gasteiger partial charge in [-0.2, -0.15) is 0 Å². The molecule has 2 aromatic carbocycles. The number of benzene rings is 2. The van der Waals surface area contributed by atoms with Crippen LogP contribution in [-0.2, 0) is 0 Å². The second-order valence-corrected chi connectivity index (χ2v) is 7.01. The van der Waals surface area contributed by atoms with Gasteiger partial charge in [0.1, 0.15) is 0 Å². The van der Waals surface area contributed by atoms with Gasteiger partial charge in [-0.3, -0.25) is 10.1 Å². The number of primary amides is 1. The first-order chi connectivity index (χ1) is 12.0. The summed E-state index contributed by atoms with van der Waals surface area (Å²) in [5.41, 5.74) is 5.79. The number of nitrogens with two attached hydrogens (primary N) is 1. The molecule has 126 valence electrons. The van der Waals surface area contributed by atoms with Crippen molar-refractivity contribution in [3.05, 3.63) is 70.1 Å². The zero-order valence-electron chi connectivity index (χ0n) is 12.7. The van der Waals surface area contributed by atoms with Crippen LogP contribution in [0, 0.1) is 10.1 Å². The van der Waals surface area contributed by atoms with E-state index in [2.05, 4.69) is 6.07 Å². The molecule has 2 N–H and O–H groups in total. The third-order valence-electron chi connectivity index (χ3n) is 3.23. The van der Waals surface area contributed by atoms with Gasteiger partial charge >= 0.3 is 11.8 Å². The van der Waals surface area contributed by atoms with Gasteiger partial charge in [0.2, 0.25) is 5.75 Å². The van der Waals surface area contributed by atoms with E-state index in [0.717, 1.165) is 10.5 Å². The quantitative estimate of drug-likeness (QED) is 0.506. The van der Waals surface area contributed by atoms with Crippen LogP contribution in [0.4, 0.5) is 10.5 Å². The molecule has 3 aromatic rings. The second kappa shape index (κ2) is 7.37. The molecule has 0 bridgehead atoms. The number of carbonyl (C=O) groups is 1. The van der Waals surface area contributed by atoms with Gasteiger partial charge in [0.05, 0.1) is 4.92 Å². The molecule has 1 amide bonds. The average Bonchev–Trinajstić information content (AvgIpc) is 3.09. The SMILES string of the molecule is NC(=O)Oc1cc(Sc2ccc(-c3cccs3)cc2)ccc1[N+](=O)[O-]. The maximum absolute atomic E-state index is 11.0. The first kappa shape index (κ1) is 17.0. The summed E-state index contributed by atoms with van der Waals surface area (Å²) in [6.07, 6.45) is -1.09. The first-order valence-corrected chi connectivity index (χ1v) is 8.80. The molecule has 0 saturated carbocycles. The Morgan fingerprint density at radius 3 is 2.44 bits per heavy atom. The fourth-order valence-corrected chi connectivity index (χ4v) is 3.74. The summed E-state index contributed by atoms with van der Waals surface area (Å²) in [4.78, 5) is 24.1. The summed E-state index contributed by atoms with van der Waals surface area (Å²) >= 11 is 3.07. The number of nitro groups is 1. The van der Waals surface area contributed by atoms with Crippen LogP contribution < -0.4 is 10.5 Å². The van der Waals surface area contributed by atoms with Gasteiger partial charge < -0.3 is 10.5 Å². The van der Waals surface area contributed by atoms with Crippen molar-refractivity contribution in [3.63, 3.8) is 0 Å². The molecule has 0 saturated heterocycles. The van der Waals surface area contributed by atoms with Gasteiger partial charge in [-0.15, -0.1) is 11.3 Å². The maximum atomic E-state index is 11.0. The lowest BCUT2D eigenvalue weighted by molar-refractivity contribution is -0.385. The molecule has 8 heteroatoms. The van der Waals surface area contributed by atoms with E-state index in [0.29, 0.717) is 4.90 Å². The van der Waals surface area contributed by atoms with Crippen molar-refractivity contribution in [2.24, 2.45) is 5.73 Å². The molecule has 0 fully saturated rings. The Balaban J connectivity index is 1.82. The Morgan fingerprint density at radius 2 is 1.84 bits per heavy atom. The minimum absolute atomic E-state index is 0.169. The monoisotopic (exact) mass is 372 g/mol. The van der Waals surface area contributed by atoms with E-state index in [4.69, 9.17) is 10.5 Å². The summed E-state index contributed by atoms with van der Waals surface area (Å²) in [6.45, 7) is 0. The third-order valence-corrected chi connectivity index (χ3v) is 5.15. The van der Waals surface area contributed by atoms with Gasteiger partial charge in [-0.05, 0) is 35.2 Å². The predicted octanol–water partition coefficient (Wildman–Crippen LogP) is 4.93. The first-order valence-electron chi connectivity index (χ1n) is 7.10. The highest BCUT2D eigenvalue weighted by molar-refractivity contribution is 7.99. The van der Waals surface area contributed by atoms with Gasteiger partial charge in [-0.25, -0.2) is 4.79 Å². The van der Waals surface area contributed by atoms with E-state index in [-0.39, 0.29) is 11.4 Å². The second-order valence-electron chi connectivity index (χ2n) is 4.91. The fraction of sp³-hybridized carbons (Fsp3) is 0. The molecule has 6 nitrogen and oxygen atoms in total. The van der Waals surface area contributed by atoms with Crippen molar-refractivity contribution in [1.29, 1.82) is 0 Å². The molecule has 1 heterocycles. The highest BCUT2D eigenvalue weighted by atomic mass is 32.2. The van der Waals surface area contributed by atoms with Crippen molar-refractivity contribution < 1.29 is 14.5 Å². The molecule has 0 aliphatic rings. The van der Waals surface area contributed by atoms with Crippen LogP contribution in [0.2, 0.25) is 0 Å².